The molecule has 1 aromatic rings. The molecule has 8 heteroatoms. The van der Waals surface area contributed by atoms with Gasteiger partial charge in [0.05, 0.1) is 0 Å². The maximum Gasteiger partial charge on any atom is 0.231 e. The number of hydrogen-bond acceptors (Lipinski definition) is 4. The summed E-state index contributed by atoms with van der Waals surface area (Å²) in [6.07, 6.45) is 6.62. The number of ether oxygens (including phenoxy) is 2. The van der Waals surface area contributed by atoms with Crippen LogP contribution < -0.4 is 20.1 Å². The third-order valence-electron chi connectivity index (χ3n) is 6.28. The lowest BCUT2D eigenvalue weighted by molar-refractivity contribution is 0.174. The summed E-state index contributed by atoms with van der Waals surface area (Å²) in [5.74, 6) is 3.28. The van der Waals surface area contributed by atoms with Crippen LogP contribution >= 0.6 is 24.0 Å². The van der Waals surface area contributed by atoms with Gasteiger partial charge >= 0.3 is 0 Å². The van der Waals surface area contributed by atoms with Crippen molar-refractivity contribution >= 4 is 40.7 Å². The molecule has 0 amide bonds. The quantitative estimate of drug-likeness (QED) is 0.334. The first-order valence-corrected chi connectivity index (χ1v) is 11.8. The van der Waals surface area contributed by atoms with Gasteiger partial charge in [-0.15, -0.1) is 24.0 Å². The third kappa shape index (κ3) is 5.18. The van der Waals surface area contributed by atoms with Crippen molar-refractivity contribution in [1.29, 1.82) is 0 Å². The number of guanidine groups is 1. The fraction of sp³-hybridized carbons (Fsp3) is 0.667. The Bertz CT molecular complexity index is 770. The number of benzene rings is 1. The predicted molar refractivity (Wildman–Crippen MR) is 128 cm³/mol. The van der Waals surface area contributed by atoms with Gasteiger partial charge in [0.2, 0.25) is 6.79 Å². The lowest BCUT2D eigenvalue weighted by Crippen LogP contribution is -2.48. The van der Waals surface area contributed by atoms with E-state index in [2.05, 4.69) is 27.8 Å². The van der Waals surface area contributed by atoms with E-state index in [-0.39, 0.29) is 29.4 Å². The first-order chi connectivity index (χ1) is 13.6. The monoisotopic (exact) mass is 533 g/mol. The molecule has 3 atom stereocenters. The zero-order chi connectivity index (χ0) is 19.6. The normalized spacial score (nSPS) is 25.7. The Hall–Kier alpha value is -1.03. The average molecular weight is 533 g/mol. The van der Waals surface area contributed by atoms with E-state index >= 15 is 0 Å². The molecular weight excluding hydrogens is 501 g/mol. The summed E-state index contributed by atoms with van der Waals surface area (Å²) in [5.41, 5.74) is 1.45. The topological polar surface area (TPSA) is 72.0 Å². The SMILES string of the molecule is CCS(=O)C1CCCC(NC(=NC)NCC2(c3ccc4c(c3)OCO4)CC2)C1.I. The lowest BCUT2D eigenvalue weighted by atomic mass is 9.94. The van der Waals surface area contributed by atoms with Crippen LogP contribution in [0.5, 0.6) is 11.5 Å². The molecule has 2 aliphatic carbocycles. The molecule has 2 N–H and O–H groups in total. The van der Waals surface area contributed by atoms with Crippen LogP contribution in [0.3, 0.4) is 0 Å². The molecule has 4 rings (SSSR count). The highest BCUT2D eigenvalue weighted by Crippen LogP contribution is 2.49. The molecule has 3 aliphatic rings. The zero-order valence-electron chi connectivity index (χ0n) is 17.2. The van der Waals surface area contributed by atoms with Gasteiger partial charge in [0, 0.05) is 46.9 Å². The van der Waals surface area contributed by atoms with Gasteiger partial charge in [-0.3, -0.25) is 9.20 Å². The second-order valence-corrected chi connectivity index (χ2v) is 10.1. The Morgan fingerprint density at radius 2 is 2.07 bits per heavy atom. The number of fused-ring (bicyclic) bond motifs is 1. The van der Waals surface area contributed by atoms with Crippen LogP contribution in [-0.4, -0.2) is 47.6 Å². The van der Waals surface area contributed by atoms with Crippen LogP contribution in [0, 0.1) is 0 Å². The van der Waals surface area contributed by atoms with Gasteiger partial charge in [-0.05, 0) is 49.8 Å². The van der Waals surface area contributed by atoms with Crippen LogP contribution in [0.1, 0.15) is 51.0 Å². The van der Waals surface area contributed by atoms with Gasteiger partial charge in [0.1, 0.15) is 0 Å². The van der Waals surface area contributed by atoms with Gasteiger partial charge < -0.3 is 20.1 Å². The molecule has 0 bridgehead atoms. The van der Waals surface area contributed by atoms with E-state index in [9.17, 15) is 4.21 Å². The van der Waals surface area contributed by atoms with E-state index in [1.165, 1.54) is 5.56 Å². The highest BCUT2D eigenvalue weighted by molar-refractivity contribution is 14.0. The molecule has 0 aromatic heterocycles. The van der Waals surface area contributed by atoms with Crippen LogP contribution in [0.4, 0.5) is 0 Å². The van der Waals surface area contributed by atoms with Crippen LogP contribution in [-0.2, 0) is 16.2 Å². The van der Waals surface area contributed by atoms with Gasteiger partial charge in [0.15, 0.2) is 17.5 Å². The molecule has 0 spiro atoms. The summed E-state index contributed by atoms with van der Waals surface area (Å²) >= 11 is 0. The maximum atomic E-state index is 12.2. The van der Waals surface area contributed by atoms with E-state index in [1.54, 1.807) is 0 Å². The second kappa shape index (κ2) is 9.85. The minimum atomic E-state index is -0.706. The van der Waals surface area contributed by atoms with Gasteiger partial charge in [0.25, 0.3) is 0 Å². The summed E-state index contributed by atoms with van der Waals surface area (Å²) in [4.78, 5) is 4.43. The highest BCUT2D eigenvalue weighted by atomic mass is 127. The molecule has 3 unspecified atom stereocenters. The summed E-state index contributed by atoms with van der Waals surface area (Å²) in [7, 11) is 1.11. The van der Waals surface area contributed by atoms with Crippen molar-refractivity contribution in [2.75, 3.05) is 26.1 Å². The molecule has 0 radical (unpaired) electrons. The summed E-state index contributed by atoms with van der Waals surface area (Å²) in [6, 6.07) is 6.64. The first kappa shape index (κ1) is 22.7. The predicted octanol–water partition coefficient (Wildman–Crippen LogP) is 3.31. The Balaban J connectivity index is 0.00000240. The average Bonchev–Trinajstić information content (AvgIpc) is 3.38. The fourth-order valence-corrected chi connectivity index (χ4v) is 5.68. The molecule has 1 heterocycles. The van der Waals surface area contributed by atoms with Gasteiger partial charge in [-0.25, -0.2) is 0 Å². The Kier molecular flexibility index (Phi) is 7.69. The standard InChI is InChI=1S/C21H31N3O3S.HI/c1-3-28(25)17-6-4-5-16(12-17)24-20(22-2)23-13-21(9-10-21)15-7-8-18-19(11-15)27-14-26-18;/h7-8,11,16-17H,3-6,9-10,12-14H2,1-2H3,(H2,22,23,24);1H. The molecule has 1 aromatic carbocycles. The molecule has 6 nitrogen and oxygen atoms in total. The molecular formula is C21H32IN3O3S. The van der Waals surface area contributed by atoms with E-state index in [4.69, 9.17) is 9.47 Å². The third-order valence-corrected chi connectivity index (χ3v) is 8.02. The summed E-state index contributed by atoms with van der Waals surface area (Å²) in [6.45, 7) is 3.17. The van der Waals surface area contributed by atoms with Crippen LogP contribution in [0.25, 0.3) is 0 Å². The minimum absolute atomic E-state index is 0. The van der Waals surface area contributed by atoms with Crippen LogP contribution in [0.2, 0.25) is 0 Å². The Morgan fingerprint density at radius 3 is 2.79 bits per heavy atom. The van der Waals surface area contributed by atoms with Gasteiger partial charge in [-0.2, -0.15) is 0 Å². The number of rotatable bonds is 6. The van der Waals surface area contributed by atoms with Crippen molar-refractivity contribution in [2.24, 2.45) is 4.99 Å². The lowest BCUT2D eigenvalue weighted by Gasteiger charge is -2.30. The highest BCUT2D eigenvalue weighted by Gasteiger charge is 2.45. The second-order valence-electron chi connectivity index (χ2n) is 8.07. The summed E-state index contributed by atoms with van der Waals surface area (Å²) < 4.78 is 23.2. The smallest absolute Gasteiger partial charge is 0.231 e. The molecule has 1 aliphatic heterocycles. The van der Waals surface area contributed by atoms with E-state index in [1.807, 2.05) is 20.0 Å². The van der Waals surface area contributed by atoms with E-state index in [0.717, 1.165) is 68.3 Å². The number of nitrogens with zero attached hydrogens (tertiary/aromatic N) is 1. The molecule has 162 valence electrons. The molecule has 29 heavy (non-hydrogen) atoms. The minimum Gasteiger partial charge on any atom is -0.454 e. The van der Waals surface area contributed by atoms with Crippen molar-refractivity contribution in [1.82, 2.24) is 10.6 Å². The largest absolute Gasteiger partial charge is 0.454 e. The van der Waals surface area contributed by atoms with E-state index in [0.29, 0.717) is 18.1 Å². The molecule has 2 saturated carbocycles. The van der Waals surface area contributed by atoms with E-state index < -0.39 is 10.8 Å². The zero-order valence-corrected chi connectivity index (χ0v) is 20.4. The van der Waals surface area contributed by atoms with Crippen molar-refractivity contribution < 1.29 is 13.7 Å². The number of nitrogens with one attached hydrogen (secondary N) is 2. The number of hydrogen-bond donors (Lipinski definition) is 2. The Morgan fingerprint density at radius 1 is 1.28 bits per heavy atom. The number of aliphatic imine (C=N–C) groups is 1. The maximum absolute atomic E-state index is 12.2. The first-order valence-electron chi connectivity index (χ1n) is 10.4. The van der Waals surface area contributed by atoms with Crippen LogP contribution in [0.15, 0.2) is 23.2 Å². The molecule has 0 saturated heterocycles. The Labute approximate surface area is 193 Å². The molecule has 2 fully saturated rings. The van der Waals surface area contributed by atoms with Crippen molar-refractivity contribution in [3.63, 3.8) is 0 Å². The van der Waals surface area contributed by atoms with Crippen molar-refractivity contribution in [2.45, 2.75) is 62.2 Å². The number of halogens is 1. The van der Waals surface area contributed by atoms with Crippen molar-refractivity contribution in [3.05, 3.63) is 23.8 Å². The summed E-state index contributed by atoms with van der Waals surface area (Å²) in [5, 5.41) is 7.42. The van der Waals surface area contributed by atoms with Gasteiger partial charge in [-0.1, -0.05) is 19.4 Å². The fourth-order valence-electron chi connectivity index (χ4n) is 4.34. The van der Waals surface area contributed by atoms with Crippen molar-refractivity contribution in [3.8, 4) is 11.5 Å².